The quantitative estimate of drug-likeness (QED) is 0.779. The van der Waals surface area contributed by atoms with Crippen LogP contribution < -0.4 is 5.73 Å². The number of benzene rings is 1. The molecule has 2 aromatic rings. The summed E-state index contributed by atoms with van der Waals surface area (Å²) < 4.78 is 40.9. The molecule has 2 amide bonds. The van der Waals surface area contributed by atoms with Crippen molar-refractivity contribution in [2.24, 2.45) is 0 Å². The lowest BCUT2D eigenvalue weighted by molar-refractivity contribution is -0.325. The van der Waals surface area contributed by atoms with Crippen LogP contribution in [0.1, 0.15) is 22.3 Å². The lowest BCUT2D eigenvalue weighted by Gasteiger charge is -2.39. The summed E-state index contributed by atoms with van der Waals surface area (Å²) in [7, 11) is 1.55. The minimum Gasteiger partial charge on any atom is -0.383 e. The summed E-state index contributed by atoms with van der Waals surface area (Å²) in [5, 5.41) is 0. The van der Waals surface area contributed by atoms with Crippen molar-refractivity contribution in [1.82, 2.24) is 14.8 Å². The molecule has 166 valence electrons. The molecule has 1 aliphatic heterocycles. The molecule has 1 fully saturated rings. The molecule has 10 heteroatoms. The van der Waals surface area contributed by atoms with Gasteiger partial charge in [-0.3, -0.25) is 14.3 Å². The Morgan fingerprint density at radius 3 is 2.68 bits per heavy atom. The molecule has 1 atom stereocenters. The predicted octanol–water partition coefficient (Wildman–Crippen LogP) is 2.85. The number of aryl methyl sites for hydroxylation is 1. The van der Waals surface area contributed by atoms with Gasteiger partial charge >= 0.3 is 6.36 Å². The average molecular weight is 436 g/mol. The topological polar surface area (TPSA) is 88.8 Å². The molecular weight excluding hydrogens is 413 g/mol. The van der Waals surface area contributed by atoms with Crippen molar-refractivity contribution in [2.75, 3.05) is 32.5 Å². The van der Waals surface area contributed by atoms with Gasteiger partial charge in [0.1, 0.15) is 11.9 Å². The molecule has 0 spiro atoms. The normalized spacial score (nSPS) is 17.2. The molecule has 31 heavy (non-hydrogen) atoms. The molecule has 2 N–H and O–H groups in total. The van der Waals surface area contributed by atoms with Crippen LogP contribution in [0.2, 0.25) is 0 Å². The first-order valence-corrected chi connectivity index (χ1v) is 9.66. The third-order valence-electron chi connectivity index (χ3n) is 5.19. The number of pyridine rings is 1. The number of hydrogen-bond acceptors (Lipinski definition) is 5. The molecule has 7 nitrogen and oxygen atoms in total. The molecule has 3 rings (SSSR count). The highest BCUT2D eigenvalue weighted by molar-refractivity contribution is 5.99. The van der Waals surface area contributed by atoms with E-state index in [4.69, 9.17) is 5.73 Å². The minimum absolute atomic E-state index is 0.213. The van der Waals surface area contributed by atoms with E-state index in [9.17, 15) is 22.8 Å². The van der Waals surface area contributed by atoms with Crippen LogP contribution >= 0.6 is 0 Å². The Bertz CT molecular complexity index is 981. The average Bonchev–Trinajstić information content (AvgIpc) is 2.72. The third kappa shape index (κ3) is 5.32. The molecule has 0 radical (unpaired) electrons. The lowest BCUT2D eigenvalue weighted by atomic mass is 10.0. The van der Waals surface area contributed by atoms with Crippen molar-refractivity contribution in [3.63, 3.8) is 0 Å². The largest absolute Gasteiger partial charge is 0.522 e. The van der Waals surface area contributed by atoms with Gasteiger partial charge in [-0.2, -0.15) is 0 Å². The van der Waals surface area contributed by atoms with Crippen molar-refractivity contribution in [2.45, 2.75) is 25.7 Å². The SMILES string of the molecule is Cc1cc(-c2cccc(C(=O)N3CCN(C)C(=O)C3CCOC(F)(F)F)c2)cnc1N. The van der Waals surface area contributed by atoms with Crippen molar-refractivity contribution in [3.8, 4) is 11.1 Å². The number of likely N-dealkylation sites (N-methyl/N-ethyl adjacent to an activating group) is 1. The Morgan fingerprint density at radius 1 is 1.26 bits per heavy atom. The molecule has 0 bridgehead atoms. The van der Waals surface area contributed by atoms with E-state index < -0.39 is 30.8 Å². The molecule has 0 saturated carbocycles. The van der Waals surface area contributed by atoms with E-state index in [-0.39, 0.29) is 13.0 Å². The van der Waals surface area contributed by atoms with Crippen LogP contribution in [0.25, 0.3) is 11.1 Å². The first-order valence-electron chi connectivity index (χ1n) is 9.66. The van der Waals surface area contributed by atoms with Gasteiger partial charge in [-0.05, 0) is 36.2 Å². The van der Waals surface area contributed by atoms with E-state index in [0.29, 0.717) is 17.9 Å². The van der Waals surface area contributed by atoms with Crippen LogP contribution in [0.4, 0.5) is 19.0 Å². The molecule has 1 aromatic carbocycles. The summed E-state index contributed by atoms with van der Waals surface area (Å²) in [6, 6.07) is 7.61. The number of carbonyl (C=O) groups is 2. The maximum Gasteiger partial charge on any atom is 0.522 e. The first-order chi connectivity index (χ1) is 14.6. The maximum atomic E-state index is 13.2. The Labute approximate surface area is 177 Å². The predicted molar refractivity (Wildman–Crippen MR) is 108 cm³/mol. The van der Waals surface area contributed by atoms with Crippen molar-refractivity contribution in [3.05, 3.63) is 47.7 Å². The van der Waals surface area contributed by atoms with Crippen LogP contribution in [0.15, 0.2) is 36.5 Å². The van der Waals surface area contributed by atoms with E-state index >= 15 is 0 Å². The number of nitrogen functional groups attached to an aromatic ring is 1. The molecule has 1 unspecified atom stereocenters. The van der Waals surface area contributed by atoms with Crippen LogP contribution in [0.3, 0.4) is 0 Å². The highest BCUT2D eigenvalue weighted by Crippen LogP contribution is 2.25. The van der Waals surface area contributed by atoms with Gasteiger partial charge in [0, 0.05) is 43.9 Å². The zero-order valence-corrected chi connectivity index (χ0v) is 17.1. The highest BCUT2D eigenvalue weighted by Gasteiger charge is 2.37. The van der Waals surface area contributed by atoms with Crippen LogP contribution in [-0.4, -0.2) is 65.7 Å². The lowest BCUT2D eigenvalue weighted by Crippen LogP contribution is -2.57. The second-order valence-electron chi connectivity index (χ2n) is 7.36. The monoisotopic (exact) mass is 436 g/mol. The molecule has 1 aromatic heterocycles. The van der Waals surface area contributed by atoms with Gasteiger partial charge in [0.2, 0.25) is 5.91 Å². The number of alkyl halides is 3. The summed E-state index contributed by atoms with van der Waals surface area (Å²) >= 11 is 0. The number of carbonyl (C=O) groups excluding carboxylic acids is 2. The van der Waals surface area contributed by atoms with Crippen molar-refractivity contribution in [1.29, 1.82) is 0 Å². The molecule has 1 saturated heterocycles. The standard InChI is InChI=1S/C21H23F3N4O3/c1-13-10-16(12-26-18(13)25)14-4-3-5-15(11-14)19(29)28-8-7-27(2)20(30)17(28)6-9-31-21(22,23)24/h3-5,10-12,17H,6-9H2,1-2H3,(H2,25,26). The summed E-state index contributed by atoms with van der Waals surface area (Å²) in [4.78, 5) is 32.6. The van der Waals surface area contributed by atoms with Gasteiger partial charge in [-0.25, -0.2) is 4.98 Å². The van der Waals surface area contributed by atoms with E-state index in [2.05, 4.69) is 9.72 Å². The zero-order valence-electron chi connectivity index (χ0n) is 17.1. The fraction of sp³-hybridized carbons (Fsp3) is 0.381. The first kappa shape index (κ1) is 22.5. The van der Waals surface area contributed by atoms with Crippen LogP contribution in [0.5, 0.6) is 0 Å². The number of rotatable bonds is 5. The summed E-state index contributed by atoms with van der Waals surface area (Å²) in [5.74, 6) is -0.434. The van der Waals surface area contributed by atoms with Crippen molar-refractivity contribution < 1.29 is 27.5 Å². The van der Waals surface area contributed by atoms with Gasteiger partial charge in [0.15, 0.2) is 0 Å². The molecule has 1 aliphatic rings. The Kier molecular flexibility index (Phi) is 6.49. The summed E-state index contributed by atoms with van der Waals surface area (Å²) in [6.45, 7) is 1.62. The molecular formula is C21H23F3N4O3. The van der Waals surface area contributed by atoms with E-state index in [0.717, 1.165) is 16.7 Å². The fourth-order valence-electron chi connectivity index (χ4n) is 3.46. The number of halogens is 3. The number of hydrogen-bond donors (Lipinski definition) is 1. The summed E-state index contributed by atoms with van der Waals surface area (Å²) in [6.07, 6.45) is -3.45. The van der Waals surface area contributed by atoms with Crippen LogP contribution in [0, 0.1) is 6.92 Å². The maximum absolute atomic E-state index is 13.2. The number of ether oxygens (including phenoxy) is 1. The third-order valence-corrected chi connectivity index (χ3v) is 5.19. The molecule has 2 heterocycles. The number of aromatic nitrogens is 1. The van der Waals surface area contributed by atoms with Gasteiger partial charge in [0.05, 0.1) is 6.61 Å². The summed E-state index contributed by atoms with van der Waals surface area (Å²) in [5.41, 5.74) is 8.38. The van der Waals surface area contributed by atoms with E-state index in [1.54, 1.807) is 31.4 Å². The fourth-order valence-corrected chi connectivity index (χ4v) is 3.46. The van der Waals surface area contributed by atoms with E-state index in [1.807, 2.05) is 19.1 Å². The number of amides is 2. The van der Waals surface area contributed by atoms with Crippen molar-refractivity contribution >= 4 is 17.6 Å². The number of anilines is 1. The minimum atomic E-state index is -4.79. The van der Waals surface area contributed by atoms with E-state index in [1.165, 1.54) is 9.80 Å². The second kappa shape index (κ2) is 8.93. The number of nitrogens with zero attached hydrogens (tertiary/aromatic N) is 3. The number of piperazine rings is 1. The smallest absolute Gasteiger partial charge is 0.383 e. The Hall–Kier alpha value is -3.14. The molecule has 0 aliphatic carbocycles. The Balaban J connectivity index is 1.83. The zero-order chi connectivity index (χ0) is 22.8. The van der Waals surface area contributed by atoms with Gasteiger partial charge in [-0.1, -0.05) is 12.1 Å². The highest BCUT2D eigenvalue weighted by atomic mass is 19.4. The van der Waals surface area contributed by atoms with Gasteiger partial charge in [0.25, 0.3) is 5.91 Å². The number of nitrogens with two attached hydrogens (primary N) is 1. The second-order valence-corrected chi connectivity index (χ2v) is 7.36. The Morgan fingerprint density at radius 2 is 2.00 bits per heavy atom. The van der Waals surface area contributed by atoms with Gasteiger partial charge in [-0.15, -0.1) is 13.2 Å². The van der Waals surface area contributed by atoms with Gasteiger partial charge < -0.3 is 15.5 Å². The van der Waals surface area contributed by atoms with Crippen LogP contribution in [-0.2, 0) is 9.53 Å².